The molecule has 1 unspecified atom stereocenters. The predicted octanol–water partition coefficient (Wildman–Crippen LogP) is 3.59. The highest BCUT2D eigenvalue weighted by Crippen LogP contribution is 2.31. The third kappa shape index (κ3) is 4.89. The number of aromatic nitrogens is 2. The minimum absolute atomic E-state index is 0.00361. The summed E-state index contributed by atoms with van der Waals surface area (Å²) in [4.78, 5) is 30.6. The molecule has 0 spiro atoms. The molecule has 2 aromatic carbocycles. The molecule has 0 bridgehead atoms. The summed E-state index contributed by atoms with van der Waals surface area (Å²) < 4.78 is 1.59. The number of piperidine rings is 1. The summed E-state index contributed by atoms with van der Waals surface area (Å²) in [5, 5.41) is 9.92. The highest BCUT2D eigenvalue weighted by molar-refractivity contribution is 5.95. The molecule has 1 aliphatic carbocycles. The largest absolute Gasteiger partial charge is 0.358 e. The van der Waals surface area contributed by atoms with Crippen molar-refractivity contribution in [3.8, 4) is 5.69 Å². The van der Waals surface area contributed by atoms with Crippen molar-refractivity contribution in [3.05, 3.63) is 88.0 Å². The number of hydrogen-bond donors (Lipinski definition) is 3. The van der Waals surface area contributed by atoms with Crippen molar-refractivity contribution in [2.45, 2.75) is 44.7 Å². The van der Waals surface area contributed by atoms with E-state index in [1.807, 2.05) is 37.3 Å². The smallest absolute Gasteiger partial charge is 0.297 e. The second kappa shape index (κ2) is 9.81. The number of rotatable bonds is 7. The fourth-order valence-corrected chi connectivity index (χ4v) is 4.67. The molecule has 1 aliphatic heterocycles. The minimum Gasteiger partial charge on any atom is -0.358 e. The molecule has 176 valence electrons. The van der Waals surface area contributed by atoms with E-state index < -0.39 is 0 Å². The van der Waals surface area contributed by atoms with Crippen LogP contribution in [-0.4, -0.2) is 34.6 Å². The van der Waals surface area contributed by atoms with Crippen LogP contribution < -0.4 is 21.5 Å². The van der Waals surface area contributed by atoms with Crippen LogP contribution in [-0.2, 0) is 0 Å². The normalized spacial score (nSPS) is 17.2. The average Bonchev–Trinajstić information content (AvgIpc) is 3.69. The molecule has 7 nitrogen and oxygen atoms in total. The van der Waals surface area contributed by atoms with Gasteiger partial charge in [-0.05, 0) is 74.9 Å². The molecule has 1 aromatic heterocycles. The molecule has 34 heavy (non-hydrogen) atoms. The van der Waals surface area contributed by atoms with E-state index in [1.54, 1.807) is 23.0 Å². The van der Waals surface area contributed by atoms with Gasteiger partial charge in [0.25, 0.3) is 11.5 Å². The van der Waals surface area contributed by atoms with E-state index in [0.717, 1.165) is 49.9 Å². The van der Waals surface area contributed by atoms with Crippen LogP contribution in [0.4, 0.5) is 5.82 Å². The van der Waals surface area contributed by atoms with Gasteiger partial charge in [0, 0.05) is 24.0 Å². The Labute approximate surface area is 199 Å². The van der Waals surface area contributed by atoms with Crippen molar-refractivity contribution in [2.75, 3.05) is 18.4 Å². The van der Waals surface area contributed by atoms with Gasteiger partial charge in [-0.1, -0.05) is 36.4 Å². The third-order valence-electron chi connectivity index (χ3n) is 6.79. The predicted molar refractivity (Wildman–Crippen MR) is 133 cm³/mol. The van der Waals surface area contributed by atoms with Crippen LogP contribution in [0.5, 0.6) is 0 Å². The Morgan fingerprint density at radius 3 is 2.59 bits per heavy atom. The second-order valence-corrected chi connectivity index (χ2v) is 9.32. The Hall–Kier alpha value is -3.45. The Morgan fingerprint density at radius 2 is 1.85 bits per heavy atom. The van der Waals surface area contributed by atoms with E-state index in [2.05, 4.69) is 33.1 Å². The monoisotopic (exact) mass is 457 g/mol. The zero-order valence-electron chi connectivity index (χ0n) is 19.5. The molecule has 1 amide bonds. The molecule has 1 atom stereocenters. The quantitative estimate of drug-likeness (QED) is 0.505. The van der Waals surface area contributed by atoms with Crippen LogP contribution in [0.1, 0.15) is 53.2 Å². The van der Waals surface area contributed by atoms with E-state index >= 15 is 0 Å². The number of nitrogens with one attached hydrogen (secondary N) is 3. The van der Waals surface area contributed by atoms with Gasteiger partial charge in [-0.2, -0.15) is 0 Å². The Bertz CT molecular complexity index is 1210. The summed E-state index contributed by atoms with van der Waals surface area (Å²) in [7, 11) is 0. The van der Waals surface area contributed by atoms with E-state index in [-0.39, 0.29) is 23.6 Å². The molecule has 2 fully saturated rings. The number of nitrogens with zero attached hydrogens (tertiary/aromatic N) is 2. The molecule has 0 radical (unpaired) electrons. The van der Waals surface area contributed by atoms with Gasteiger partial charge in [-0.3, -0.25) is 14.2 Å². The summed E-state index contributed by atoms with van der Waals surface area (Å²) in [5.41, 5.74) is 3.10. The lowest BCUT2D eigenvalue weighted by atomic mass is 9.86. The summed E-state index contributed by atoms with van der Waals surface area (Å²) in [5.74, 6) is 0.621. The van der Waals surface area contributed by atoms with Crippen LogP contribution in [0, 0.1) is 12.8 Å². The SMILES string of the molecule is Cc1ccc(C(=O)NC2CC2)cc1-n1ccnc(NC(c2ccccc2)C2CCNCC2)c1=O. The standard InChI is InChI=1S/C27H31N5O2/c1-18-7-8-21(26(33)30-22-9-10-22)17-23(18)32-16-15-29-25(27(32)34)31-24(19-5-3-2-4-6-19)20-11-13-28-14-12-20/h2-8,15-17,20,22,24,28H,9-14H2,1H3,(H,29,31)(H,30,33). The van der Waals surface area contributed by atoms with E-state index in [9.17, 15) is 9.59 Å². The fourth-order valence-electron chi connectivity index (χ4n) is 4.67. The van der Waals surface area contributed by atoms with E-state index in [1.165, 1.54) is 0 Å². The van der Waals surface area contributed by atoms with Crippen LogP contribution >= 0.6 is 0 Å². The maximum atomic E-state index is 13.6. The van der Waals surface area contributed by atoms with Gasteiger partial charge in [0.05, 0.1) is 11.7 Å². The number of carbonyl (C=O) groups excluding carboxylic acids is 1. The molecule has 7 heteroatoms. The number of hydrogen-bond acceptors (Lipinski definition) is 5. The number of benzene rings is 2. The zero-order valence-corrected chi connectivity index (χ0v) is 19.5. The molecule has 2 aliphatic rings. The molecule has 3 N–H and O–H groups in total. The number of anilines is 1. The van der Waals surface area contributed by atoms with Crippen molar-refractivity contribution < 1.29 is 4.79 Å². The van der Waals surface area contributed by atoms with Crippen molar-refractivity contribution in [1.82, 2.24) is 20.2 Å². The highest BCUT2D eigenvalue weighted by atomic mass is 16.2. The van der Waals surface area contributed by atoms with Crippen LogP contribution in [0.3, 0.4) is 0 Å². The van der Waals surface area contributed by atoms with Crippen molar-refractivity contribution >= 4 is 11.7 Å². The zero-order chi connectivity index (χ0) is 23.5. The number of amides is 1. The Kier molecular flexibility index (Phi) is 6.45. The molecule has 1 saturated carbocycles. The molecule has 2 heterocycles. The number of carbonyl (C=O) groups is 1. The third-order valence-corrected chi connectivity index (χ3v) is 6.79. The molecule has 1 saturated heterocycles. The summed E-state index contributed by atoms with van der Waals surface area (Å²) in [6, 6.07) is 16.0. The highest BCUT2D eigenvalue weighted by Gasteiger charge is 2.27. The average molecular weight is 458 g/mol. The summed E-state index contributed by atoms with van der Waals surface area (Å²) >= 11 is 0. The lowest BCUT2D eigenvalue weighted by molar-refractivity contribution is 0.0951. The van der Waals surface area contributed by atoms with Crippen molar-refractivity contribution in [2.24, 2.45) is 5.92 Å². The first-order valence-electron chi connectivity index (χ1n) is 12.1. The van der Waals surface area contributed by atoms with Crippen LogP contribution in [0.2, 0.25) is 0 Å². The van der Waals surface area contributed by atoms with Gasteiger partial charge >= 0.3 is 0 Å². The van der Waals surface area contributed by atoms with Gasteiger partial charge in [0.15, 0.2) is 5.82 Å². The molecule has 5 rings (SSSR count). The van der Waals surface area contributed by atoms with Gasteiger partial charge < -0.3 is 16.0 Å². The summed E-state index contributed by atoms with van der Waals surface area (Å²) in [6.07, 6.45) is 7.44. The molecular weight excluding hydrogens is 426 g/mol. The van der Waals surface area contributed by atoms with Crippen molar-refractivity contribution in [1.29, 1.82) is 0 Å². The van der Waals surface area contributed by atoms with Gasteiger partial charge in [-0.25, -0.2) is 4.98 Å². The molecule has 3 aromatic rings. The topological polar surface area (TPSA) is 88.1 Å². The molecular formula is C27H31N5O2. The Balaban J connectivity index is 1.47. The minimum atomic E-state index is -0.222. The number of aryl methyl sites for hydroxylation is 1. The van der Waals surface area contributed by atoms with E-state index in [4.69, 9.17) is 0 Å². The maximum absolute atomic E-state index is 13.6. The van der Waals surface area contributed by atoms with Gasteiger partial charge in [-0.15, -0.1) is 0 Å². The van der Waals surface area contributed by atoms with E-state index in [0.29, 0.717) is 23.0 Å². The first-order chi connectivity index (χ1) is 16.6. The lowest BCUT2D eigenvalue weighted by Crippen LogP contribution is -2.35. The maximum Gasteiger partial charge on any atom is 0.297 e. The first-order valence-corrected chi connectivity index (χ1v) is 12.1. The van der Waals surface area contributed by atoms with Gasteiger partial charge in [0.1, 0.15) is 0 Å². The second-order valence-electron chi connectivity index (χ2n) is 9.32. The summed E-state index contributed by atoms with van der Waals surface area (Å²) in [6.45, 7) is 3.88. The lowest BCUT2D eigenvalue weighted by Gasteiger charge is -2.32. The fraction of sp³-hybridized carbons (Fsp3) is 0.370. The van der Waals surface area contributed by atoms with Crippen LogP contribution in [0.15, 0.2) is 65.7 Å². The van der Waals surface area contributed by atoms with Crippen LogP contribution in [0.25, 0.3) is 5.69 Å². The van der Waals surface area contributed by atoms with Gasteiger partial charge in [0.2, 0.25) is 0 Å². The Morgan fingerprint density at radius 1 is 1.09 bits per heavy atom. The first kappa shape index (κ1) is 22.3. The van der Waals surface area contributed by atoms with Crippen molar-refractivity contribution in [3.63, 3.8) is 0 Å².